The number of rotatable bonds is 4. The molecule has 0 saturated heterocycles. The molecule has 21 heavy (non-hydrogen) atoms. The number of thiocarbonyl (C=S) groups is 1. The smallest absolute Gasteiger partial charge is 0.262 e. The summed E-state index contributed by atoms with van der Waals surface area (Å²) in [7, 11) is -3.97. The van der Waals surface area contributed by atoms with Crippen LogP contribution in [0.5, 0.6) is 0 Å². The minimum Gasteiger partial charge on any atom is -0.389 e. The summed E-state index contributed by atoms with van der Waals surface area (Å²) in [5.41, 5.74) is 5.73. The highest BCUT2D eigenvalue weighted by Crippen LogP contribution is 2.23. The molecular weight excluding hydrogens is 335 g/mol. The lowest BCUT2D eigenvalue weighted by Gasteiger charge is -2.11. The van der Waals surface area contributed by atoms with Gasteiger partial charge in [-0.1, -0.05) is 42.0 Å². The Kier molecular flexibility index (Phi) is 4.46. The van der Waals surface area contributed by atoms with Gasteiger partial charge < -0.3 is 5.73 Å². The van der Waals surface area contributed by atoms with Crippen LogP contribution < -0.4 is 10.5 Å². The Morgan fingerprint density at radius 1 is 1.24 bits per heavy atom. The molecule has 0 fully saturated rings. The molecule has 8 heteroatoms. The van der Waals surface area contributed by atoms with Crippen molar-refractivity contribution < 1.29 is 12.8 Å². The van der Waals surface area contributed by atoms with Crippen molar-refractivity contribution >= 4 is 44.5 Å². The summed E-state index contributed by atoms with van der Waals surface area (Å²) in [6.45, 7) is 0. The molecule has 2 aromatic rings. The molecule has 0 aliphatic rings. The number of benzene rings is 2. The molecule has 0 heterocycles. The highest BCUT2D eigenvalue weighted by Gasteiger charge is 2.19. The highest BCUT2D eigenvalue weighted by atomic mass is 35.5. The molecule has 0 bridgehead atoms. The first-order valence-electron chi connectivity index (χ1n) is 5.67. The van der Waals surface area contributed by atoms with E-state index < -0.39 is 15.8 Å². The second kappa shape index (κ2) is 5.97. The lowest BCUT2D eigenvalue weighted by molar-refractivity contribution is 0.601. The van der Waals surface area contributed by atoms with Crippen molar-refractivity contribution in [1.82, 2.24) is 0 Å². The molecule has 0 atom stereocenters. The molecular formula is C13H10ClFN2O2S2. The predicted octanol–water partition coefficient (Wildman–Crippen LogP) is 2.91. The fraction of sp³-hybridized carbons (Fsp3) is 0. The number of halogens is 2. The van der Waals surface area contributed by atoms with E-state index >= 15 is 0 Å². The number of anilines is 1. The van der Waals surface area contributed by atoms with E-state index in [1.807, 2.05) is 0 Å². The maximum absolute atomic E-state index is 13.3. The zero-order valence-electron chi connectivity index (χ0n) is 10.5. The molecule has 0 spiro atoms. The Morgan fingerprint density at radius 2 is 1.90 bits per heavy atom. The summed E-state index contributed by atoms with van der Waals surface area (Å²) >= 11 is 10.5. The van der Waals surface area contributed by atoms with Crippen molar-refractivity contribution in [2.24, 2.45) is 5.73 Å². The average molecular weight is 345 g/mol. The standard InChI is InChI=1S/C13H10ClFN2O2S2/c14-8-5-9(15)7-10(6-8)17-21(18,19)12-4-2-1-3-11(12)13(16)20/h1-7,17H,(H2,16,20). The van der Waals surface area contributed by atoms with E-state index in [0.717, 1.165) is 12.1 Å². The summed E-state index contributed by atoms with van der Waals surface area (Å²) in [6, 6.07) is 9.40. The van der Waals surface area contributed by atoms with Crippen LogP contribution in [0.3, 0.4) is 0 Å². The van der Waals surface area contributed by atoms with Crippen molar-refractivity contribution in [2.75, 3.05) is 4.72 Å². The average Bonchev–Trinajstić information content (AvgIpc) is 2.36. The SMILES string of the molecule is NC(=S)c1ccccc1S(=O)(=O)Nc1cc(F)cc(Cl)c1. The van der Waals surface area contributed by atoms with Crippen LogP contribution in [0.2, 0.25) is 5.02 Å². The second-order valence-corrected chi connectivity index (χ2v) is 6.65. The van der Waals surface area contributed by atoms with E-state index in [4.69, 9.17) is 29.6 Å². The van der Waals surface area contributed by atoms with Gasteiger partial charge in [-0.15, -0.1) is 0 Å². The van der Waals surface area contributed by atoms with Gasteiger partial charge in [0.2, 0.25) is 0 Å². The summed E-state index contributed by atoms with van der Waals surface area (Å²) in [5, 5.41) is 0.0790. The van der Waals surface area contributed by atoms with Gasteiger partial charge in [0, 0.05) is 10.6 Å². The van der Waals surface area contributed by atoms with Gasteiger partial charge in [-0.3, -0.25) is 4.72 Å². The Hall–Kier alpha value is -1.70. The molecule has 4 nitrogen and oxygen atoms in total. The molecule has 2 aromatic carbocycles. The molecule has 0 saturated carbocycles. The summed E-state index contributed by atoms with van der Waals surface area (Å²) in [6.07, 6.45) is 0. The molecule has 0 unspecified atom stereocenters. The van der Waals surface area contributed by atoms with Crippen molar-refractivity contribution in [3.63, 3.8) is 0 Å². The van der Waals surface area contributed by atoms with Gasteiger partial charge in [-0.2, -0.15) is 0 Å². The maximum atomic E-state index is 13.3. The number of hydrogen-bond donors (Lipinski definition) is 2. The summed E-state index contributed by atoms with van der Waals surface area (Å²) in [4.78, 5) is -0.133. The Labute approximate surface area is 131 Å². The molecule has 0 aliphatic carbocycles. The Balaban J connectivity index is 2.46. The van der Waals surface area contributed by atoms with E-state index in [-0.39, 0.29) is 26.2 Å². The molecule has 0 radical (unpaired) electrons. The zero-order chi connectivity index (χ0) is 15.6. The first kappa shape index (κ1) is 15.7. The molecule has 2 rings (SSSR count). The first-order chi connectivity index (χ1) is 9.79. The third kappa shape index (κ3) is 3.69. The van der Waals surface area contributed by atoms with Crippen molar-refractivity contribution in [3.05, 3.63) is 58.9 Å². The van der Waals surface area contributed by atoms with Gasteiger partial charge >= 0.3 is 0 Å². The highest BCUT2D eigenvalue weighted by molar-refractivity contribution is 7.93. The molecule has 0 aromatic heterocycles. The third-order valence-corrected chi connectivity index (χ3v) is 4.43. The monoisotopic (exact) mass is 344 g/mol. The second-order valence-electron chi connectivity index (χ2n) is 4.12. The van der Waals surface area contributed by atoms with Crippen LogP contribution in [-0.2, 0) is 10.0 Å². The van der Waals surface area contributed by atoms with Gasteiger partial charge in [0.25, 0.3) is 10.0 Å². The van der Waals surface area contributed by atoms with E-state index in [1.54, 1.807) is 6.07 Å². The Bertz CT molecular complexity index is 789. The minimum atomic E-state index is -3.97. The number of nitrogens with one attached hydrogen (secondary N) is 1. The van der Waals surface area contributed by atoms with Gasteiger partial charge in [-0.25, -0.2) is 12.8 Å². The van der Waals surface area contributed by atoms with Gasteiger partial charge in [0.1, 0.15) is 10.8 Å². The maximum Gasteiger partial charge on any atom is 0.262 e. The van der Waals surface area contributed by atoms with Crippen LogP contribution in [-0.4, -0.2) is 13.4 Å². The van der Waals surface area contributed by atoms with Crippen LogP contribution in [0.1, 0.15) is 5.56 Å². The van der Waals surface area contributed by atoms with E-state index in [0.29, 0.717) is 0 Å². The topological polar surface area (TPSA) is 72.2 Å². The van der Waals surface area contributed by atoms with Gasteiger partial charge in [0.15, 0.2) is 0 Å². The van der Waals surface area contributed by atoms with Crippen LogP contribution in [0.15, 0.2) is 47.4 Å². The van der Waals surface area contributed by atoms with E-state index in [9.17, 15) is 12.8 Å². The minimum absolute atomic E-state index is 0.0118. The number of nitrogens with two attached hydrogens (primary N) is 1. The molecule has 110 valence electrons. The normalized spacial score (nSPS) is 11.1. The lowest BCUT2D eigenvalue weighted by atomic mass is 10.2. The summed E-state index contributed by atoms with van der Waals surface area (Å²) in [5.74, 6) is -0.650. The van der Waals surface area contributed by atoms with Crippen LogP contribution in [0.25, 0.3) is 0 Å². The van der Waals surface area contributed by atoms with Crippen molar-refractivity contribution in [1.29, 1.82) is 0 Å². The fourth-order valence-electron chi connectivity index (χ4n) is 1.73. The number of hydrogen-bond acceptors (Lipinski definition) is 3. The van der Waals surface area contributed by atoms with Crippen LogP contribution in [0.4, 0.5) is 10.1 Å². The quantitative estimate of drug-likeness (QED) is 0.836. The third-order valence-electron chi connectivity index (χ3n) is 2.56. The lowest BCUT2D eigenvalue weighted by Crippen LogP contribution is -2.19. The van der Waals surface area contributed by atoms with E-state index in [2.05, 4.69) is 4.72 Å². The van der Waals surface area contributed by atoms with Crippen LogP contribution in [0, 0.1) is 5.82 Å². The van der Waals surface area contributed by atoms with Gasteiger partial charge in [-0.05, 0) is 24.3 Å². The van der Waals surface area contributed by atoms with Gasteiger partial charge in [0.05, 0.1) is 10.6 Å². The first-order valence-corrected chi connectivity index (χ1v) is 7.94. The Morgan fingerprint density at radius 3 is 2.52 bits per heavy atom. The summed E-state index contributed by atoms with van der Waals surface area (Å²) < 4.78 is 40.2. The van der Waals surface area contributed by atoms with Crippen LogP contribution >= 0.6 is 23.8 Å². The van der Waals surface area contributed by atoms with E-state index in [1.165, 1.54) is 24.3 Å². The predicted molar refractivity (Wildman–Crippen MR) is 84.5 cm³/mol. The fourth-order valence-corrected chi connectivity index (χ4v) is 3.46. The van der Waals surface area contributed by atoms with Crippen molar-refractivity contribution in [3.8, 4) is 0 Å². The molecule has 0 amide bonds. The van der Waals surface area contributed by atoms with Crippen molar-refractivity contribution in [2.45, 2.75) is 4.90 Å². The molecule has 0 aliphatic heterocycles. The largest absolute Gasteiger partial charge is 0.389 e. The number of sulfonamides is 1. The molecule has 3 N–H and O–H groups in total. The zero-order valence-corrected chi connectivity index (χ0v) is 12.9.